The van der Waals surface area contributed by atoms with E-state index in [2.05, 4.69) is 31.9 Å². The topological polar surface area (TPSA) is 51.0 Å². The summed E-state index contributed by atoms with van der Waals surface area (Å²) in [5, 5.41) is 9.90. The van der Waals surface area contributed by atoms with Crippen LogP contribution in [0.5, 0.6) is 5.75 Å². The van der Waals surface area contributed by atoms with Crippen molar-refractivity contribution in [2.24, 2.45) is 0 Å². The Bertz CT molecular complexity index is 459. The Morgan fingerprint density at radius 1 is 1.33 bits per heavy atom. The molecule has 2 rings (SSSR count). The molecule has 0 atom stereocenters. The number of hydrogen-bond acceptors (Lipinski definition) is 3. The molecular weight excluding hydrogens is 366 g/mol. The predicted molar refractivity (Wildman–Crippen MR) is 74.2 cm³/mol. The summed E-state index contributed by atoms with van der Waals surface area (Å²) in [5.74, 6) is -0.0396. The number of phenolic OH excluding ortho intramolecular Hbond substituents is 1. The zero-order valence-corrected chi connectivity index (χ0v) is 12.9. The molecule has 0 aromatic heterocycles. The van der Waals surface area contributed by atoms with Crippen LogP contribution in [-0.4, -0.2) is 43.7 Å². The van der Waals surface area contributed by atoms with E-state index < -0.39 is 0 Å². The van der Waals surface area contributed by atoms with Gasteiger partial charge in [0.05, 0.1) is 23.2 Å². The molecule has 0 bridgehead atoms. The first-order valence-electron chi connectivity index (χ1n) is 5.70. The standard InChI is InChI=1S/C12H13Br2NO3/c13-8-5-9(12(17)10(14)6-8)11(16)7-15-1-3-18-4-2-15/h5-6,17H,1-4,7H2/p+1. The Hall–Kier alpha value is -0.430. The third kappa shape index (κ3) is 3.32. The van der Waals surface area contributed by atoms with E-state index in [-0.39, 0.29) is 11.5 Å². The summed E-state index contributed by atoms with van der Waals surface area (Å²) >= 11 is 6.55. The number of nitrogens with one attached hydrogen (secondary N) is 1. The molecule has 98 valence electrons. The molecule has 2 N–H and O–H groups in total. The van der Waals surface area contributed by atoms with Crippen molar-refractivity contribution in [3.8, 4) is 5.75 Å². The molecule has 1 fully saturated rings. The van der Waals surface area contributed by atoms with E-state index in [1.165, 1.54) is 4.90 Å². The van der Waals surface area contributed by atoms with Gasteiger partial charge in [0.1, 0.15) is 25.4 Å². The van der Waals surface area contributed by atoms with Crippen LogP contribution in [0.3, 0.4) is 0 Å². The zero-order valence-electron chi connectivity index (χ0n) is 9.71. The average Bonchev–Trinajstić information content (AvgIpc) is 2.35. The van der Waals surface area contributed by atoms with Crippen molar-refractivity contribution in [3.05, 3.63) is 26.6 Å². The molecule has 0 saturated carbocycles. The van der Waals surface area contributed by atoms with Crippen molar-refractivity contribution >= 4 is 37.6 Å². The van der Waals surface area contributed by atoms with Crippen LogP contribution in [0.2, 0.25) is 0 Å². The minimum Gasteiger partial charge on any atom is -0.506 e. The first-order valence-corrected chi connectivity index (χ1v) is 7.29. The Morgan fingerprint density at radius 3 is 2.67 bits per heavy atom. The largest absolute Gasteiger partial charge is 0.506 e. The van der Waals surface area contributed by atoms with Crippen LogP contribution >= 0.6 is 31.9 Å². The number of phenols is 1. The number of halogens is 2. The Balaban J connectivity index is 2.13. The van der Waals surface area contributed by atoms with Gasteiger partial charge in [0, 0.05) is 4.47 Å². The van der Waals surface area contributed by atoms with Crippen LogP contribution in [0.4, 0.5) is 0 Å². The van der Waals surface area contributed by atoms with E-state index in [9.17, 15) is 9.90 Å². The van der Waals surface area contributed by atoms with Crippen molar-refractivity contribution in [2.45, 2.75) is 0 Å². The molecule has 1 aromatic carbocycles. The van der Waals surface area contributed by atoms with Gasteiger partial charge in [-0.1, -0.05) is 15.9 Å². The van der Waals surface area contributed by atoms with Gasteiger partial charge in [-0.25, -0.2) is 0 Å². The Labute approximate surface area is 122 Å². The van der Waals surface area contributed by atoms with Crippen LogP contribution in [-0.2, 0) is 4.74 Å². The van der Waals surface area contributed by atoms with Crippen LogP contribution in [0, 0.1) is 0 Å². The van der Waals surface area contributed by atoms with Crippen LogP contribution < -0.4 is 4.90 Å². The van der Waals surface area contributed by atoms with Gasteiger partial charge in [0.25, 0.3) is 0 Å². The van der Waals surface area contributed by atoms with Crippen LogP contribution in [0.25, 0.3) is 0 Å². The predicted octanol–water partition coefficient (Wildman–Crippen LogP) is 1.01. The minimum atomic E-state index is -0.0496. The maximum absolute atomic E-state index is 12.2. The highest BCUT2D eigenvalue weighted by Gasteiger charge is 2.22. The first kappa shape index (κ1) is 14.0. The fraction of sp³-hybridized carbons (Fsp3) is 0.417. The smallest absolute Gasteiger partial charge is 0.220 e. The first-order chi connectivity index (χ1) is 8.58. The number of quaternary nitrogens is 1. The second-order valence-electron chi connectivity index (χ2n) is 4.25. The lowest BCUT2D eigenvalue weighted by Gasteiger charge is -2.23. The van der Waals surface area contributed by atoms with Gasteiger partial charge in [-0.15, -0.1) is 0 Å². The van der Waals surface area contributed by atoms with E-state index in [1.807, 2.05) is 0 Å². The number of rotatable bonds is 3. The summed E-state index contributed by atoms with van der Waals surface area (Å²) in [5.41, 5.74) is 0.357. The molecule has 1 aliphatic rings. The van der Waals surface area contributed by atoms with Gasteiger partial charge in [-0.3, -0.25) is 4.79 Å². The molecule has 0 unspecified atom stereocenters. The molecule has 0 radical (unpaired) electrons. The highest BCUT2D eigenvalue weighted by atomic mass is 79.9. The van der Waals surface area contributed by atoms with Crippen LogP contribution in [0.1, 0.15) is 10.4 Å². The van der Waals surface area contributed by atoms with E-state index in [0.717, 1.165) is 17.6 Å². The summed E-state index contributed by atoms with van der Waals surface area (Å²) in [6.45, 7) is 3.44. The lowest BCUT2D eigenvalue weighted by molar-refractivity contribution is -0.899. The van der Waals surface area contributed by atoms with Gasteiger partial charge < -0.3 is 14.7 Å². The van der Waals surface area contributed by atoms with Gasteiger partial charge >= 0.3 is 0 Å². The second-order valence-corrected chi connectivity index (χ2v) is 6.02. The van der Waals surface area contributed by atoms with Crippen molar-refractivity contribution in [2.75, 3.05) is 32.8 Å². The summed E-state index contributed by atoms with van der Waals surface area (Å²) in [6.07, 6.45) is 0. The number of ether oxygens (including phenoxy) is 1. The molecule has 4 nitrogen and oxygen atoms in total. The van der Waals surface area contributed by atoms with Crippen molar-refractivity contribution in [3.63, 3.8) is 0 Å². The number of benzene rings is 1. The Kier molecular flexibility index (Phi) is 4.77. The average molecular weight is 380 g/mol. The number of hydrogen-bond donors (Lipinski definition) is 2. The van der Waals surface area contributed by atoms with Crippen LogP contribution in [0.15, 0.2) is 21.1 Å². The SMILES string of the molecule is O=C(C[NH+]1CCOCC1)c1cc(Br)cc(Br)c1O. The molecule has 1 saturated heterocycles. The molecule has 1 aliphatic heterocycles. The van der Waals surface area contributed by atoms with E-state index in [0.29, 0.717) is 29.8 Å². The highest BCUT2D eigenvalue weighted by Crippen LogP contribution is 2.31. The Morgan fingerprint density at radius 2 is 2.00 bits per heavy atom. The number of aromatic hydroxyl groups is 1. The third-order valence-electron chi connectivity index (χ3n) is 2.94. The summed E-state index contributed by atoms with van der Waals surface area (Å²) in [6, 6.07) is 3.37. The maximum atomic E-state index is 12.2. The molecule has 1 aromatic rings. The second kappa shape index (κ2) is 6.14. The number of carbonyl (C=O) groups excluding carboxylic acids is 1. The van der Waals surface area contributed by atoms with Crippen molar-refractivity contribution in [1.29, 1.82) is 0 Å². The molecule has 0 aliphatic carbocycles. The summed E-state index contributed by atoms with van der Waals surface area (Å²) in [4.78, 5) is 13.4. The quantitative estimate of drug-likeness (QED) is 0.771. The fourth-order valence-electron chi connectivity index (χ4n) is 1.94. The third-order valence-corrected chi connectivity index (χ3v) is 4.00. The molecule has 6 heteroatoms. The number of Topliss-reactive ketones (excluding diaryl/α,β-unsaturated/α-hetero) is 1. The van der Waals surface area contributed by atoms with Gasteiger partial charge in [-0.2, -0.15) is 0 Å². The number of morpholine rings is 1. The monoisotopic (exact) mass is 378 g/mol. The number of ketones is 1. The fourth-order valence-corrected chi connectivity index (χ4v) is 3.16. The van der Waals surface area contributed by atoms with Crippen molar-refractivity contribution in [1.82, 2.24) is 0 Å². The maximum Gasteiger partial charge on any atom is 0.220 e. The molecule has 0 amide bonds. The lowest BCUT2D eigenvalue weighted by Crippen LogP contribution is -3.14. The highest BCUT2D eigenvalue weighted by molar-refractivity contribution is 9.11. The normalized spacial score (nSPS) is 16.8. The van der Waals surface area contributed by atoms with Gasteiger partial charge in [0.15, 0.2) is 0 Å². The van der Waals surface area contributed by atoms with E-state index in [4.69, 9.17) is 4.74 Å². The lowest BCUT2D eigenvalue weighted by atomic mass is 10.1. The minimum absolute atomic E-state index is 0.0101. The zero-order chi connectivity index (χ0) is 13.1. The van der Waals surface area contributed by atoms with Crippen molar-refractivity contribution < 1.29 is 19.5 Å². The van der Waals surface area contributed by atoms with Gasteiger partial charge in [-0.05, 0) is 28.1 Å². The summed E-state index contributed by atoms with van der Waals surface area (Å²) in [7, 11) is 0. The molecule has 18 heavy (non-hydrogen) atoms. The van der Waals surface area contributed by atoms with E-state index >= 15 is 0 Å². The van der Waals surface area contributed by atoms with E-state index in [1.54, 1.807) is 12.1 Å². The summed E-state index contributed by atoms with van der Waals surface area (Å²) < 4.78 is 6.55. The molecular formula is C12H14Br2NO3+. The molecule has 1 heterocycles. The van der Waals surface area contributed by atoms with Gasteiger partial charge in [0.2, 0.25) is 5.78 Å². The number of carbonyl (C=O) groups is 1. The molecule has 0 spiro atoms.